The van der Waals surface area contributed by atoms with E-state index in [4.69, 9.17) is 0 Å². The van der Waals surface area contributed by atoms with Crippen LogP contribution in [-0.2, 0) is 11.2 Å². The lowest BCUT2D eigenvalue weighted by atomic mass is 10.1. The fourth-order valence-corrected chi connectivity index (χ4v) is 3.70. The Hall–Kier alpha value is -2.60. The average molecular weight is 381 g/mol. The van der Waals surface area contributed by atoms with Gasteiger partial charge in [-0.3, -0.25) is 9.36 Å². The van der Waals surface area contributed by atoms with Crippen LogP contribution in [0.1, 0.15) is 30.8 Å². The Morgan fingerprint density at radius 2 is 1.81 bits per heavy atom. The highest BCUT2D eigenvalue weighted by Crippen LogP contribution is 2.27. The molecule has 0 aliphatic rings. The van der Waals surface area contributed by atoms with Gasteiger partial charge in [0.2, 0.25) is 5.91 Å². The maximum atomic E-state index is 12.6. The van der Waals surface area contributed by atoms with Gasteiger partial charge in [0, 0.05) is 5.69 Å². The third-order valence-corrected chi connectivity index (χ3v) is 5.48. The predicted molar refractivity (Wildman–Crippen MR) is 111 cm³/mol. The molecule has 1 aromatic heterocycles. The van der Waals surface area contributed by atoms with E-state index in [1.54, 1.807) is 0 Å². The summed E-state index contributed by atoms with van der Waals surface area (Å²) >= 11 is 1.41. The zero-order chi connectivity index (χ0) is 19.4. The van der Waals surface area contributed by atoms with Gasteiger partial charge in [0.1, 0.15) is 5.82 Å². The molecule has 1 N–H and O–H groups in total. The topological polar surface area (TPSA) is 59.8 Å². The van der Waals surface area contributed by atoms with E-state index in [1.807, 2.05) is 60.9 Å². The molecule has 0 aliphatic heterocycles. The zero-order valence-electron chi connectivity index (χ0n) is 16.1. The maximum Gasteiger partial charge on any atom is 0.237 e. The van der Waals surface area contributed by atoms with E-state index in [0.717, 1.165) is 29.2 Å². The molecular formula is C21H24N4OS. The molecule has 0 spiro atoms. The van der Waals surface area contributed by atoms with Gasteiger partial charge >= 0.3 is 0 Å². The van der Waals surface area contributed by atoms with Crippen LogP contribution in [0.5, 0.6) is 0 Å². The Labute approximate surface area is 164 Å². The van der Waals surface area contributed by atoms with E-state index in [0.29, 0.717) is 5.16 Å². The van der Waals surface area contributed by atoms with Gasteiger partial charge in [-0.2, -0.15) is 0 Å². The van der Waals surface area contributed by atoms with Crippen molar-refractivity contribution in [3.05, 3.63) is 65.5 Å². The fraction of sp³-hybridized carbons (Fsp3) is 0.286. The highest BCUT2D eigenvalue weighted by molar-refractivity contribution is 8.00. The average Bonchev–Trinajstić information content (AvgIpc) is 3.03. The molecule has 0 saturated heterocycles. The number of carbonyl (C=O) groups excluding carboxylic acids is 1. The Morgan fingerprint density at radius 3 is 2.48 bits per heavy atom. The number of aryl methyl sites for hydroxylation is 3. The van der Waals surface area contributed by atoms with Gasteiger partial charge in [0.25, 0.3) is 0 Å². The van der Waals surface area contributed by atoms with Gasteiger partial charge in [0.15, 0.2) is 5.16 Å². The smallest absolute Gasteiger partial charge is 0.237 e. The summed E-state index contributed by atoms with van der Waals surface area (Å²) in [4.78, 5) is 12.6. The molecule has 0 saturated carbocycles. The third-order valence-electron chi connectivity index (χ3n) is 4.43. The first-order valence-corrected chi connectivity index (χ1v) is 9.92. The summed E-state index contributed by atoms with van der Waals surface area (Å²) in [6.45, 7) is 7.97. The minimum atomic E-state index is -0.303. The Balaban J connectivity index is 1.75. The zero-order valence-corrected chi connectivity index (χ0v) is 16.9. The number of anilines is 1. The summed E-state index contributed by atoms with van der Waals surface area (Å²) in [5.41, 5.74) is 4.22. The number of carbonyl (C=O) groups is 1. The number of nitrogens with zero attached hydrogens (tertiary/aromatic N) is 3. The number of hydrogen-bond donors (Lipinski definition) is 1. The molecule has 0 bridgehead atoms. The minimum absolute atomic E-state index is 0.0544. The van der Waals surface area contributed by atoms with Crippen molar-refractivity contribution in [2.75, 3.05) is 5.32 Å². The van der Waals surface area contributed by atoms with Crippen molar-refractivity contribution < 1.29 is 4.79 Å². The van der Waals surface area contributed by atoms with Crippen molar-refractivity contribution >= 4 is 23.4 Å². The summed E-state index contributed by atoms with van der Waals surface area (Å²) in [6.07, 6.45) is 0.981. The number of amides is 1. The molecule has 1 unspecified atom stereocenters. The molecular weight excluding hydrogens is 356 g/mol. The van der Waals surface area contributed by atoms with Gasteiger partial charge in [-0.15, -0.1) is 10.2 Å². The largest absolute Gasteiger partial charge is 0.325 e. The number of hydrogen-bond acceptors (Lipinski definition) is 4. The van der Waals surface area contributed by atoms with Gasteiger partial charge in [-0.05, 0) is 56.5 Å². The molecule has 2 aromatic carbocycles. The highest BCUT2D eigenvalue weighted by atomic mass is 32.2. The number of nitrogens with one attached hydrogen (secondary N) is 1. The van der Waals surface area contributed by atoms with Crippen LogP contribution in [0.3, 0.4) is 0 Å². The molecule has 3 rings (SSSR count). The normalized spacial score (nSPS) is 12.0. The molecule has 1 amide bonds. The standard InChI is InChI=1S/C21H24N4OS/c1-5-17-10-12-18(13-11-17)22-20(26)15(3)27-21-24-23-16(4)25(21)19-9-7-6-8-14(19)2/h6-13,15H,5H2,1-4H3,(H,22,26). The van der Waals surface area contributed by atoms with E-state index in [2.05, 4.69) is 35.4 Å². The SMILES string of the molecule is CCc1ccc(NC(=O)C(C)Sc2nnc(C)n2-c2ccccc2C)cc1. The van der Waals surface area contributed by atoms with Gasteiger partial charge in [0.05, 0.1) is 10.9 Å². The van der Waals surface area contributed by atoms with E-state index in [1.165, 1.54) is 17.3 Å². The summed E-state index contributed by atoms with van der Waals surface area (Å²) in [6, 6.07) is 16.0. The fourth-order valence-electron chi connectivity index (χ4n) is 2.79. The van der Waals surface area contributed by atoms with Crippen molar-refractivity contribution in [3.8, 4) is 5.69 Å². The molecule has 1 atom stereocenters. The first-order chi connectivity index (χ1) is 13.0. The van der Waals surface area contributed by atoms with E-state index in [9.17, 15) is 4.79 Å². The van der Waals surface area contributed by atoms with Crippen molar-refractivity contribution in [1.82, 2.24) is 14.8 Å². The Morgan fingerprint density at radius 1 is 1.11 bits per heavy atom. The van der Waals surface area contributed by atoms with Crippen molar-refractivity contribution in [3.63, 3.8) is 0 Å². The second kappa shape index (κ2) is 8.39. The van der Waals surface area contributed by atoms with Crippen LogP contribution >= 0.6 is 11.8 Å². The number of para-hydroxylation sites is 1. The van der Waals surface area contributed by atoms with Crippen LogP contribution in [0.4, 0.5) is 5.69 Å². The minimum Gasteiger partial charge on any atom is -0.325 e. The molecule has 5 nitrogen and oxygen atoms in total. The lowest BCUT2D eigenvalue weighted by Gasteiger charge is -2.14. The number of rotatable bonds is 6. The van der Waals surface area contributed by atoms with E-state index < -0.39 is 0 Å². The summed E-state index contributed by atoms with van der Waals surface area (Å²) in [5.74, 6) is 0.746. The Bertz CT molecular complexity index is 934. The van der Waals surface area contributed by atoms with Crippen LogP contribution in [-0.4, -0.2) is 25.9 Å². The number of thioether (sulfide) groups is 1. The summed E-state index contributed by atoms with van der Waals surface area (Å²) < 4.78 is 2.00. The van der Waals surface area contributed by atoms with Crippen LogP contribution in [0.15, 0.2) is 53.7 Å². The second-order valence-corrected chi connectivity index (χ2v) is 7.76. The molecule has 27 heavy (non-hydrogen) atoms. The van der Waals surface area contributed by atoms with Crippen LogP contribution in [0.25, 0.3) is 5.69 Å². The van der Waals surface area contributed by atoms with Gasteiger partial charge in [-0.25, -0.2) is 0 Å². The Kier molecular flexibility index (Phi) is 5.96. The van der Waals surface area contributed by atoms with E-state index >= 15 is 0 Å². The van der Waals surface area contributed by atoms with Crippen molar-refractivity contribution in [1.29, 1.82) is 0 Å². The first-order valence-electron chi connectivity index (χ1n) is 9.04. The quantitative estimate of drug-likeness (QED) is 0.637. The molecule has 3 aromatic rings. The monoisotopic (exact) mass is 380 g/mol. The molecule has 0 radical (unpaired) electrons. The third kappa shape index (κ3) is 4.39. The summed E-state index contributed by atoms with van der Waals surface area (Å²) in [5, 5.41) is 11.9. The van der Waals surface area contributed by atoms with E-state index in [-0.39, 0.29) is 11.2 Å². The molecule has 0 fully saturated rings. The van der Waals surface area contributed by atoms with Crippen molar-refractivity contribution in [2.45, 2.75) is 44.5 Å². The number of aromatic nitrogens is 3. The molecule has 0 aliphatic carbocycles. The molecule has 1 heterocycles. The summed E-state index contributed by atoms with van der Waals surface area (Å²) in [7, 11) is 0. The van der Waals surface area contributed by atoms with Crippen molar-refractivity contribution in [2.24, 2.45) is 0 Å². The van der Waals surface area contributed by atoms with Crippen LogP contribution in [0.2, 0.25) is 0 Å². The first kappa shape index (κ1) is 19.2. The van der Waals surface area contributed by atoms with Crippen LogP contribution < -0.4 is 5.32 Å². The second-order valence-electron chi connectivity index (χ2n) is 6.45. The lowest BCUT2D eigenvalue weighted by molar-refractivity contribution is -0.115. The molecule has 140 valence electrons. The highest BCUT2D eigenvalue weighted by Gasteiger charge is 2.20. The van der Waals surface area contributed by atoms with Gasteiger partial charge < -0.3 is 5.32 Å². The molecule has 6 heteroatoms. The van der Waals surface area contributed by atoms with Gasteiger partial charge in [-0.1, -0.05) is 49.0 Å². The van der Waals surface area contributed by atoms with Crippen LogP contribution in [0, 0.1) is 13.8 Å². The maximum absolute atomic E-state index is 12.6. The number of benzene rings is 2. The predicted octanol–water partition coefficient (Wildman–Crippen LogP) is 4.57. The lowest BCUT2D eigenvalue weighted by Crippen LogP contribution is -2.23.